The Morgan fingerprint density at radius 3 is 2.46 bits per heavy atom. The van der Waals surface area contributed by atoms with E-state index in [0.717, 1.165) is 29.8 Å². The number of benzene rings is 2. The van der Waals surface area contributed by atoms with E-state index in [1.54, 1.807) is 12.1 Å². The summed E-state index contributed by atoms with van der Waals surface area (Å²) in [4.78, 5) is 17.0. The molecule has 146 valence electrons. The molecule has 5 heteroatoms. The van der Waals surface area contributed by atoms with E-state index in [-0.39, 0.29) is 5.91 Å². The number of ether oxygens (including phenoxy) is 1. The highest BCUT2D eigenvalue weighted by Gasteiger charge is 2.10. The summed E-state index contributed by atoms with van der Waals surface area (Å²) in [7, 11) is 0. The molecule has 3 aromatic rings. The number of thiazole rings is 1. The van der Waals surface area contributed by atoms with Gasteiger partial charge < -0.3 is 4.74 Å². The average molecular weight is 395 g/mol. The van der Waals surface area contributed by atoms with Crippen LogP contribution in [0.5, 0.6) is 5.75 Å². The van der Waals surface area contributed by atoms with Crippen LogP contribution in [0.25, 0.3) is 11.3 Å². The number of amides is 1. The summed E-state index contributed by atoms with van der Waals surface area (Å²) in [5, 5.41) is 5.44. The van der Waals surface area contributed by atoms with E-state index >= 15 is 0 Å². The van der Waals surface area contributed by atoms with E-state index in [4.69, 9.17) is 4.74 Å². The second kappa shape index (κ2) is 10.0. The molecule has 0 saturated carbocycles. The third-order valence-corrected chi connectivity index (χ3v) is 5.27. The van der Waals surface area contributed by atoms with E-state index in [9.17, 15) is 4.79 Å². The molecule has 3 rings (SSSR count). The van der Waals surface area contributed by atoms with Gasteiger partial charge in [0.15, 0.2) is 5.13 Å². The summed E-state index contributed by atoms with van der Waals surface area (Å²) in [6.07, 6.45) is 4.40. The van der Waals surface area contributed by atoms with Crippen LogP contribution in [0.4, 0.5) is 5.13 Å². The van der Waals surface area contributed by atoms with Crippen LogP contribution in [-0.4, -0.2) is 17.5 Å². The van der Waals surface area contributed by atoms with Gasteiger partial charge in [-0.25, -0.2) is 4.98 Å². The number of aromatic nitrogens is 1. The minimum atomic E-state index is -0.167. The number of anilines is 1. The first-order chi connectivity index (χ1) is 13.7. The first-order valence-corrected chi connectivity index (χ1v) is 10.7. The van der Waals surface area contributed by atoms with Gasteiger partial charge in [0, 0.05) is 16.5 Å². The summed E-state index contributed by atoms with van der Waals surface area (Å²) in [6.45, 7) is 5.01. The Hall–Kier alpha value is -2.66. The number of unbranched alkanes of at least 4 members (excludes halogenated alkanes) is 2. The fraction of sp³-hybridized carbons (Fsp3) is 0.304. The van der Waals surface area contributed by atoms with Crippen molar-refractivity contribution in [2.45, 2.75) is 39.5 Å². The highest BCUT2D eigenvalue weighted by Crippen LogP contribution is 2.26. The molecule has 1 N–H and O–H groups in total. The van der Waals surface area contributed by atoms with E-state index in [1.165, 1.54) is 29.7 Å². The number of nitrogens with zero attached hydrogens (tertiary/aromatic N) is 1. The Balaban J connectivity index is 1.58. The van der Waals surface area contributed by atoms with Gasteiger partial charge in [-0.1, -0.05) is 51.0 Å². The number of rotatable bonds is 9. The summed E-state index contributed by atoms with van der Waals surface area (Å²) < 4.78 is 5.69. The molecule has 0 aliphatic rings. The second-order valence-electron chi connectivity index (χ2n) is 6.62. The van der Waals surface area contributed by atoms with Gasteiger partial charge in [-0.05, 0) is 42.7 Å². The van der Waals surface area contributed by atoms with Crippen molar-refractivity contribution < 1.29 is 9.53 Å². The lowest BCUT2D eigenvalue weighted by molar-refractivity contribution is 0.102. The molecular weight excluding hydrogens is 368 g/mol. The molecule has 0 unspecified atom stereocenters. The molecule has 0 atom stereocenters. The van der Waals surface area contributed by atoms with Crippen molar-refractivity contribution in [3.05, 3.63) is 65.0 Å². The number of hydrogen-bond acceptors (Lipinski definition) is 4. The molecule has 0 aliphatic carbocycles. The minimum Gasteiger partial charge on any atom is -0.494 e. The first-order valence-electron chi connectivity index (χ1n) is 9.78. The van der Waals surface area contributed by atoms with Gasteiger partial charge in [0.25, 0.3) is 5.91 Å². The lowest BCUT2D eigenvalue weighted by atomic mass is 10.1. The predicted molar refractivity (Wildman–Crippen MR) is 116 cm³/mol. The van der Waals surface area contributed by atoms with E-state index in [2.05, 4.69) is 48.4 Å². The molecular formula is C23H26N2O2S. The highest BCUT2D eigenvalue weighted by molar-refractivity contribution is 7.14. The molecule has 0 bridgehead atoms. The Kier molecular flexibility index (Phi) is 7.20. The fourth-order valence-electron chi connectivity index (χ4n) is 2.79. The molecule has 1 aromatic heterocycles. The van der Waals surface area contributed by atoms with E-state index < -0.39 is 0 Å². The van der Waals surface area contributed by atoms with Crippen LogP contribution in [0.15, 0.2) is 53.9 Å². The van der Waals surface area contributed by atoms with E-state index in [1.807, 2.05) is 17.5 Å². The third kappa shape index (κ3) is 5.42. The van der Waals surface area contributed by atoms with Crippen molar-refractivity contribution in [2.75, 3.05) is 11.9 Å². The molecule has 0 radical (unpaired) electrons. The molecule has 0 spiro atoms. The molecule has 4 nitrogen and oxygen atoms in total. The SMILES string of the molecule is CCCCCOc1ccc(C(=O)Nc2nc(-c3ccc(CC)cc3)cs2)cc1. The number of carbonyl (C=O) groups is 1. The maximum absolute atomic E-state index is 12.5. The van der Waals surface area contributed by atoms with Crippen molar-refractivity contribution in [2.24, 2.45) is 0 Å². The number of aryl methyl sites for hydroxylation is 1. The molecule has 0 saturated heterocycles. The fourth-order valence-corrected chi connectivity index (χ4v) is 3.50. The number of carbonyl (C=O) groups excluding carboxylic acids is 1. The summed E-state index contributed by atoms with van der Waals surface area (Å²) in [5.74, 6) is 0.625. The van der Waals surface area contributed by atoms with Crippen molar-refractivity contribution in [1.82, 2.24) is 4.98 Å². The van der Waals surface area contributed by atoms with Crippen LogP contribution in [0.1, 0.15) is 49.0 Å². The second-order valence-corrected chi connectivity index (χ2v) is 7.48. The maximum atomic E-state index is 12.5. The van der Waals surface area contributed by atoms with Crippen LogP contribution in [-0.2, 0) is 6.42 Å². The van der Waals surface area contributed by atoms with Gasteiger partial charge in [0.05, 0.1) is 12.3 Å². The standard InChI is InChI=1S/C23H26N2O2S/c1-3-5-6-15-27-20-13-11-19(12-14-20)22(26)25-23-24-21(16-28-23)18-9-7-17(4-2)8-10-18/h7-14,16H,3-6,15H2,1-2H3,(H,24,25,26). The Morgan fingerprint density at radius 2 is 1.79 bits per heavy atom. The van der Waals surface area contributed by atoms with Gasteiger partial charge >= 0.3 is 0 Å². The van der Waals surface area contributed by atoms with Crippen LogP contribution >= 0.6 is 11.3 Å². The van der Waals surface area contributed by atoms with E-state index in [0.29, 0.717) is 17.3 Å². The minimum absolute atomic E-state index is 0.167. The first kappa shape index (κ1) is 20.1. The Morgan fingerprint density at radius 1 is 1.04 bits per heavy atom. The summed E-state index contributed by atoms with van der Waals surface area (Å²) in [5.41, 5.74) is 3.81. The summed E-state index contributed by atoms with van der Waals surface area (Å²) >= 11 is 1.43. The van der Waals surface area contributed by atoms with Gasteiger partial charge in [-0.3, -0.25) is 10.1 Å². The normalized spacial score (nSPS) is 10.6. The van der Waals surface area contributed by atoms with Crippen LogP contribution < -0.4 is 10.1 Å². The molecule has 28 heavy (non-hydrogen) atoms. The Bertz CT molecular complexity index is 886. The van der Waals surface area contributed by atoms with Crippen molar-refractivity contribution in [1.29, 1.82) is 0 Å². The number of nitrogens with one attached hydrogen (secondary N) is 1. The van der Waals surface area contributed by atoms with Gasteiger partial charge in [-0.2, -0.15) is 0 Å². The lowest BCUT2D eigenvalue weighted by Crippen LogP contribution is -2.11. The highest BCUT2D eigenvalue weighted by atomic mass is 32.1. The Labute approximate surface area is 170 Å². The molecule has 1 heterocycles. The third-order valence-electron chi connectivity index (χ3n) is 4.52. The zero-order chi connectivity index (χ0) is 19.8. The topological polar surface area (TPSA) is 51.2 Å². The largest absolute Gasteiger partial charge is 0.494 e. The van der Waals surface area contributed by atoms with Crippen molar-refractivity contribution in [3.8, 4) is 17.0 Å². The zero-order valence-corrected chi connectivity index (χ0v) is 17.2. The quantitative estimate of drug-likeness (QED) is 0.440. The maximum Gasteiger partial charge on any atom is 0.257 e. The summed E-state index contributed by atoms with van der Waals surface area (Å²) in [6, 6.07) is 15.6. The molecule has 0 aliphatic heterocycles. The van der Waals surface area contributed by atoms with Crippen LogP contribution in [0.2, 0.25) is 0 Å². The average Bonchev–Trinajstić information content (AvgIpc) is 3.20. The van der Waals surface area contributed by atoms with Gasteiger partial charge in [0.1, 0.15) is 5.75 Å². The molecule has 0 fully saturated rings. The zero-order valence-electron chi connectivity index (χ0n) is 16.4. The van der Waals surface area contributed by atoms with Crippen LogP contribution in [0.3, 0.4) is 0 Å². The smallest absolute Gasteiger partial charge is 0.257 e. The molecule has 2 aromatic carbocycles. The lowest BCUT2D eigenvalue weighted by Gasteiger charge is -2.07. The monoisotopic (exact) mass is 394 g/mol. The molecule has 1 amide bonds. The van der Waals surface area contributed by atoms with Gasteiger partial charge in [0.2, 0.25) is 0 Å². The van der Waals surface area contributed by atoms with Crippen LogP contribution in [0, 0.1) is 0 Å². The van der Waals surface area contributed by atoms with Crippen molar-refractivity contribution >= 4 is 22.4 Å². The van der Waals surface area contributed by atoms with Gasteiger partial charge in [-0.15, -0.1) is 11.3 Å². The van der Waals surface area contributed by atoms with Crippen molar-refractivity contribution in [3.63, 3.8) is 0 Å². The predicted octanol–water partition coefficient (Wildman–Crippen LogP) is 6.19. The number of hydrogen-bond donors (Lipinski definition) is 1.